The lowest BCUT2D eigenvalue weighted by Gasteiger charge is -2.14. The first-order valence-corrected chi connectivity index (χ1v) is 5.70. The third-order valence-corrected chi connectivity index (χ3v) is 3.08. The molecule has 4 nitrogen and oxygen atoms in total. The van der Waals surface area contributed by atoms with Crippen molar-refractivity contribution in [1.29, 1.82) is 0 Å². The molecule has 2 rings (SSSR count). The second kappa shape index (κ2) is 8.29. The van der Waals surface area contributed by atoms with Crippen LogP contribution in [0.15, 0.2) is 24.4 Å². The standard InChI is InChI=1S/C12H17N3O.2ClH/c13-11-6-3-5-10(11)12(16)15-8-9-4-1-2-7-14-9;;/h1-2,4,7,10-11H,3,5-6,8,13H2,(H,15,16);2*1H. The lowest BCUT2D eigenvalue weighted by molar-refractivity contribution is -0.125. The summed E-state index contributed by atoms with van der Waals surface area (Å²) in [5.41, 5.74) is 6.75. The van der Waals surface area contributed by atoms with Gasteiger partial charge in [0.15, 0.2) is 0 Å². The predicted molar refractivity (Wildman–Crippen MR) is 75.9 cm³/mol. The van der Waals surface area contributed by atoms with E-state index in [1.54, 1.807) is 6.20 Å². The Hall–Kier alpha value is -0.840. The molecule has 0 saturated heterocycles. The molecule has 1 heterocycles. The Bertz CT molecular complexity index is 362. The number of carbonyl (C=O) groups excluding carboxylic acids is 1. The van der Waals surface area contributed by atoms with Crippen LogP contribution in [-0.2, 0) is 11.3 Å². The zero-order chi connectivity index (χ0) is 11.4. The van der Waals surface area contributed by atoms with Crippen LogP contribution < -0.4 is 11.1 Å². The predicted octanol–water partition coefficient (Wildman–Crippen LogP) is 1.67. The Morgan fingerprint density at radius 2 is 2.17 bits per heavy atom. The fourth-order valence-corrected chi connectivity index (χ4v) is 2.13. The number of nitrogens with zero attached hydrogens (tertiary/aromatic N) is 1. The van der Waals surface area contributed by atoms with E-state index in [-0.39, 0.29) is 42.7 Å². The largest absolute Gasteiger partial charge is 0.350 e. The number of nitrogens with two attached hydrogens (primary N) is 1. The number of carbonyl (C=O) groups is 1. The molecule has 1 saturated carbocycles. The van der Waals surface area contributed by atoms with Crippen molar-refractivity contribution in [1.82, 2.24) is 10.3 Å². The van der Waals surface area contributed by atoms with Crippen molar-refractivity contribution in [3.63, 3.8) is 0 Å². The van der Waals surface area contributed by atoms with Crippen LogP contribution in [0.25, 0.3) is 0 Å². The molecular formula is C12H19Cl2N3O. The van der Waals surface area contributed by atoms with E-state index in [4.69, 9.17) is 5.73 Å². The summed E-state index contributed by atoms with van der Waals surface area (Å²) in [6.45, 7) is 0.489. The first kappa shape index (κ1) is 17.2. The number of nitrogens with one attached hydrogen (secondary N) is 1. The van der Waals surface area contributed by atoms with E-state index in [1.807, 2.05) is 18.2 Å². The van der Waals surface area contributed by atoms with Gasteiger partial charge in [-0.15, -0.1) is 24.8 Å². The molecule has 2 atom stereocenters. The lowest BCUT2D eigenvalue weighted by atomic mass is 10.0. The second-order valence-electron chi connectivity index (χ2n) is 4.24. The molecule has 3 N–H and O–H groups in total. The third kappa shape index (κ3) is 4.44. The average molecular weight is 292 g/mol. The molecule has 0 radical (unpaired) electrons. The summed E-state index contributed by atoms with van der Waals surface area (Å²) in [5.74, 6) is 0.0550. The van der Waals surface area contributed by atoms with Crippen molar-refractivity contribution >= 4 is 30.7 Å². The Labute approximate surface area is 120 Å². The number of rotatable bonds is 3. The molecule has 1 aromatic rings. The van der Waals surface area contributed by atoms with Gasteiger partial charge in [0, 0.05) is 12.2 Å². The zero-order valence-corrected chi connectivity index (χ0v) is 11.7. The van der Waals surface area contributed by atoms with E-state index in [2.05, 4.69) is 10.3 Å². The van der Waals surface area contributed by atoms with Crippen molar-refractivity contribution in [2.45, 2.75) is 31.8 Å². The van der Waals surface area contributed by atoms with Crippen LogP contribution >= 0.6 is 24.8 Å². The zero-order valence-electron chi connectivity index (χ0n) is 10.0. The van der Waals surface area contributed by atoms with Crippen molar-refractivity contribution in [3.8, 4) is 0 Å². The molecule has 18 heavy (non-hydrogen) atoms. The molecule has 1 aromatic heterocycles. The van der Waals surface area contributed by atoms with Gasteiger partial charge in [-0.05, 0) is 25.0 Å². The molecule has 0 spiro atoms. The highest BCUT2D eigenvalue weighted by Crippen LogP contribution is 2.23. The van der Waals surface area contributed by atoms with E-state index < -0.39 is 0 Å². The summed E-state index contributed by atoms with van der Waals surface area (Å²) in [4.78, 5) is 16.0. The van der Waals surface area contributed by atoms with E-state index in [0.717, 1.165) is 25.0 Å². The normalized spacial score (nSPS) is 21.6. The summed E-state index contributed by atoms with van der Waals surface area (Å²) in [7, 11) is 0. The molecule has 0 bridgehead atoms. The van der Waals surface area contributed by atoms with Crippen LogP contribution in [0, 0.1) is 5.92 Å². The smallest absolute Gasteiger partial charge is 0.224 e. The Morgan fingerprint density at radius 1 is 1.39 bits per heavy atom. The molecule has 1 aliphatic rings. The maximum atomic E-state index is 11.8. The number of hydrogen-bond acceptors (Lipinski definition) is 3. The highest BCUT2D eigenvalue weighted by molar-refractivity contribution is 5.85. The van der Waals surface area contributed by atoms with Crippen LogP contribution in [-0.4, -0.2) is 16.9 Å². The topological polar surface area (TPSA) is 68.0 Å². The minimum Gasteiger partial charge on any atom is -0.350 e. The van der Waals surface area contributed by atoms with E-state index in [9.17, 15) is 4.79 Å². The second-order valence-corrected chi connectivity index (χ2v) is 4.24. The van der Waals surface area contributed by atoms with Crippen LogP contribution in [0.2, 0.25) is 0 Å². The summed E-state index contributed by atoms with van der Waals surface area (Å²) in [5, 5.41) is 2.89. The van der Waals surface area contributed by atoms with Crippen molar-refractivity contribution in [3.05, 3.63) is 30.1 Å². The fourth-order valence-electron chi connectivity index (χ4n) is 2.13. The maximum Gasteiger partial charge on any atom is 0.224 e. The Balaban J connectivity index is 0.00000144. The van der Waals surface area contributed by atoms with Crippen molar-refractivity contribution in [2.24, 2.45) is 11.7 Å². The van der Waals surface area contributed by atoms with Gasteiger partial charge in [-0.1, -0.05) is 12.5 Å². The van der Waals surface area contributed by atoms with Crippen LogP contribution in [0.1, 0.15) is 25.0 Å². The molecule has 6 heteroatoms. The molecule has 1 aliphatic carbocycles. The average Bonchev–Trinajstić information content (AvgIpc) is 2.74. The first-order valence-electron chi connectivity index (χ1n) is 5.70. The third-order valence-electron chi connectivity index (χ3n) is 3.08. The summed E-state index contributed by atoms with van der Waals surface area (Å²) in [6.07, 6.45) is 4.66. The van der Waals surface area contributed by atoms with Gasteiger partial charge in [-0.25, -0.2) is 0 Å². The molecule has 1 amide bonds. The van der Waals surface area contributed by atoms with Crippen LogP contribution in [0.3, 0.4) is 0 Å². The molecule has 102 valence electrons. The minimum atomic E-state index is -0.0105. The number of hydrogen-bond donors (Lipinski definition) is 2. The number of amides is 1. The molecular weight excluding hydrogens is 273 g/mol. The van der Waals surface area contributed by atoms with Gasteiger partial charge in [0.05, 0.1) is 18.2 Å². The quantitative estimate of drug-likeness (QED) is 0.890. The molecule has 2 unspecified atom stereocenters. The van der Waals surface area contributed by atoms with Gasteiger partial charge < -0.3 is 11.1 Å². The summed E-state index contributed by atoms with van der Waals surface area (Å²) < 4.78 is 0. The number of aromatic nitrogens is 1. The van der Waals surface area contributed by atoms with Gasteiger partial charge in [-0.3, -0.25) is 9.78 Å². The highest BCUT2D eigenvalue weighted by Gasteiger charge is 2.29. The number of pyridine rings is 1. The maximum absolute atomic E-state index is 11.8. The SMILES string of the molecule is Cl.Cl.NC1CCCC1C(=O)NCc1ccccn1. The van der Waals surface area contributed by atoms with Gasteiger partial charge >= 0.3 is 0 Å². The lowest BCUT2D eigenvalue weighted by Crippen LogP contribution is -2.38. The first-order chi connectivity index (χ1) is 7.77. The van der Waals surface area contributed by atoms with Crippen LogP contribution in [0.4, 0.5) is 0 Å². The monoisotopic (exact) mass is 291 g/mol. The summed E-state index contributed by atoms with van der Waals surface area (Å²) >= 11 is 0. The molecule has 1 fully saturated rings. The van der Waals surface area contributed by atoms with E-state index in [0.29, 0.717) is 6.54 Å². The molecule has 0 aromatic carbocycles. The Kier molecular flexibility index (Phi) is 7.91. The van der Waals surface area contributed by atoms with Crippen molar-refractivity contribution in [2.75, 3.05) is 0 Å². The van der Waals surface area contributed by atoms with Gasteiger partial charge in [0.2, 0.25) is 5.91 Å². The van der Waals surface area contributed by atoms with Gasteiger partial charge in [0.25, 0.3) is 0 Å². The fraction of sp³-hybridized carbons (Fsp3) is 0.500. The summed E-state index contributed by atoms with van der Waals surface area (Å²) in [6, 6.07) is 5.70. The minimum absolute atomic E-state index is 0. The highest BCUT2D eigenvalue weighted by atomic mass is 35.5. The van der Waals surface area contributed by atoms with E-state index >= 15 is 0 Å². The van der Waals surface area contributed by atoms with Crippen molar-refractivity contribution < 1.29 is 4.79 Å². The molecule has 0 aliphatic heterocycles. The van der Waals surface area contributed by atoms with Gasteiger partial charge in [0.1, 0.15) is 0 Å². The Morgan fingerprint density at radius 3 is 2.72 bits per heavy atom. The van der Waals surface area contributed by atoms with Crippen LogP contribution in [0.5, 0.6) is 0 Å². The number of halogens is 2. The van der Waals surface area contributed by atoms with Gasteiger partial charge in [-0.2, -0.15) is 0 Å². The van der Waals surface area contributed by atoms with E-state index in [1.165, 1.54) is 0 Å².